The van der Waals surface area contributed by atoms with Crippen molar-refractivity contribution >= 4 is 12.2 Å². The highest BCUT2D eigenvalue weighted by Gasteiger charge is 2.32. The molecule has 2 aromatic heterocycles. The number of aliphatic imine (C=N–C) groups is 1. The Labute approximate surface area is 142 Å². The third-order valence-electron chi connectivity index (χ3n) is 3.97. The molecule has 0 aliphatic carbocycles. The van der Waals surface area contributed by atoms with Crippen LogP contribution in [0, 0.1) is 0 Å². The molecule has 2 aromatic rings. The van der Waals surface area contributed by atoms with Gasteiger partial charge in [0, 0.05) is 48.5 Å². The summed E-state index contributed by atoms with van der Waals surface area (Å²) in [6.45, 7) is 2.08. The number of nitrogens with two attached hydrogens (primary N) is 1. The van der Waals surface area contributed by atoms with E-state index in [-0.39, 0.29) is 5.96 Å². The van der Waals surface area contributed by atoms with Gasteiger partial charge in [-0.3, -0.25) is 15.0 Å². The summed E-state index contributed by atoms with van der Waals surface area (Å²) in [5.41, 5.74) is 7.51. The summed E-state index contributed by atoms with van der Waals surface area (Å²) in [7, 11) is 1.59. The highest BCUT2D eigenvalue weighted by Crippen LogP contribution is 2.28. The van der Waals surface area contributed by atoms with E-state index in [9.17, 15) is 4.79 Å². The number of nitrogens with zero attached hydrogens (tertiary/aromatic N) is 3. The lowest BCUT2D eigenvalue weighted by molar-refractivity contribution is -0.113. The number of nitrogens with one attached hydrogen (secondary N) is 1. The fraction of sp³-hybridized carbons (Fsp3) is 0.333. The van der Waals surface area contributed by atoms with Gasteiger partial charge in [-0.1, -0.05) is 25.8 Å². The molecule has 6 nitrogen and oxygen atoms in total. The van der Waals surface area contributed by atoms with E-state index in [4.69, 9.17) is 5.73 Å². The number of aldehydes is 1. The van der Waals surface area contributed by atoms with E-state index in [2.05, 4.69) is 27.2 Å². The number of hydrogen-bond donors (Lipinski definition) is 2. The summed E-state index contributed by atoms with van der Waals surface area (Å²) in [6, 6.07) is 5.77. The predicted octanol–water partition coefficient (Wildman–Crippen LogP) is 2.26. The first-order chi connectivity index (χ1) is 11.6. The van der Waals surface area contributed by atoms with E-state index in [1.807, 2.05) is 18.2 Å². The van der Waals surface area contributed by atoms with Crippen LogP contribution in [0.1, 0.15) is 31.7 Å². The highest BCUT2D eigenvalue weighted by atomic mass is 16.1. The molecule has 0 aliphatic rings. The van der Waals surface area contributed by atoms with Crippen LogP contribution >= 0.6 is 0 Å². The number of rotatable bonds is 7. The third kappa shape index (κ3) is 3.95. The van der Waals surface area contributed by atoms with Crippen molar-refractivity contribution in [3.63, 3.8) is 0 Å². The summed E-state index contributed by atoms with van der Waals surface area (Å²) in [5.74, 6) is 0.227. The summed E-state index contributed by atoms with van der Waals surface area (Å²) in [4.78, 5) is 24.4. The van der Waals surface area contributed by atoms with Crippen LogP contribution in [0.2, 0.25) is 0 Å². The Morgan fingerprint density at radius 1 is 1.33 bits per heavy atom. The fourth-order valence-electron chi connectivity index (χ4n) is 2.55. The second-order valence-corrected chi connectivity index (χ2v) is 5.63. The van der Waals surface area contributed by atoms with E-state index in [1.54, 1.807) is 31.8 Å². The number of guanidine groups is 1. The molecule has 0 aliphatic heterocycles. The van der Waals surface area contributed by atoms with Crippen molar-refractivity contribution in [3.05, 3.63) is 48.5 Å². The van der Waals surface area contributed by atoms with Crippen LogP contribution in [0.25, 0.3) is 11.1 Å². The molecule has 3 N–H and O–H groups in total. The van der Waals surface area contributed by atoms with E-state index >= 15 is 0 Å². The molecule has 0 radical (unpaired) electrons. The molecule has 2 heterocycles. The van der Waals surface area contributed by atoms with Gasteiger partial charge in [0.2, 0.25) is 0 Å². The van der Waals surface area contributed by atoms with Crippen LogP contribution in [-0.2, 0) is 10.3 Å². The van der Waals surface area contributed by atoms with Gasteiger partial charge >= 0.3 is 0 Å². The monoisotopic (exact) mass is 325 g/mol. The van der Waals surface area contributed by atoms with Gasteiger partial charge < -0.3 is 15.8 Å². The quantitative estimate of drug-likeness (QED) is 0.463. The van der Waals surface area contributed by atoms with Crippen LogP contribution in [0.15, 0.2) is 48.0 Å². The number of carbonyl (C=O) groups excluding carboxylic acids is 1. The second-order valence-electron chi connectivity index (χ2n) is 5.63. The van der Waals surface area contributed by atoms with Gasteiger partial charge in [0.15, 0.2) is 5.96 Å². The molecule has 24 heavy (non-hydrogen) atoms. The Hall–Kier alpha value is -2.76. The fourth-order valence-corrected chi connectivity index (χ4v) is 2.55. The van der Waals surface area contributed by atoms with E-state index in [0.717, 1.165) is 35.8 Å². The zero-order valence-electron chi connectivity index (χ0n) is 14.1. The molecule has 0 saturated carbocycles. The van der Waals surface area contributed by atoms with Crippen molar-refractivity contribution in [1.29, 1.82) is 0 Å². The molecule has 1 atom stereocenters. The lowest BCUT2D eigenvalue weighted by Crippen LogP contribution is -2.50. The van der Waals surface area contributed by atoms with Crippen LogP contribution in [0.4, 0.5) is 0 Å². The van der Waals surface area contributed by atoms with Gasteiger partial charge in [0.1, 0.15) is 11.8 Å². The Morgan fingerprint density at radius 3 is 2.75 bits per heavy atom. The standard InChI is InChI=1S/C18H23N5O/c1-3-4-7-18(13-24,23-17(19)20-2)16-9-15(11-22-12-16)14-6-5-8-21-10-14/h5-6,8-13H,3-4,7H2,1-2H3,(H3,19,20,23). The molecule has 0 amide bonds. The average molecular weight is 325 g/mol. The number of pyridine rings is 2. The lowest BCUT2D eigenvalue weighted by atomic mass is 9.86. The number of hydrogen-bond acceptors (Lipinski definition) is 4. The van der Waals surface area contributed by atoms with Gasteiger partial charge in [-0.15, -0.1) is 0 Å². The second kappa shape index (κ2) is 8.19. The van der Waals surface area contributed by atoms with Crippen LogP contribution < -0.4 is 11.1 Å². The highest BCUT2D eigenvalue weighted by molar-refractivity contribution is 5.84. The smallest absolute Gasteiger partial charge is 0.189 e. The maximum absolute atomic E-state index is 12.0. The molecular weight excluding hydrogens is 302 g/mol. The largest absolute Gasteiger partial charge is 0.370 e. The first-order valence-electron chi connectivity index (χ1n) is 7.98. The van der Waals surface area contributed by atoms with Gasteiger partial charge in [0.05, 0.1) is 0 Å². The molecule has 0 spiro atoms. The van der Waals surface area contributed by atoms with Crippen molar-refractivity contribution in [1.82, 2.24) is 15.3 Å². The minimum absolute atomic E-state index is 0.227. The van der Waals surface area contributed by atoms with Crippen molar-refractivity contribution in [2.75, 3.05) is 7.05 Å². The Morgan fingerprint density at radius 2 is 2.12 bits per heavy atom. The molecule has 0 saturated heterocycles. The van der Waals surface area contributed by atoms with Crippen molar-refractivity contribution < 1.29 is 4.79 Å². The zero-order valence-corrected chi connectivity index (χ0v) is 14.1. The third-order valence-corrected chi connectivity index (χ3v) is 3.97. The van der Waals surface area contributed by atoms with Crippen LogP contribution in [0.3, 0.4) is 0 Å². The minimum Gasteiger partial charge on any atom is -0.370 e. The first kappa shape index (κ1) is 17.6. The van der Waals surface area contributed by atoms with Crippen LogP contribution in [-0.4, -0.2) is 29.3 Å². The molecule has 126 valence electrons. The SMILES string of the molecule is CCCCC(C=O)(NC(N)=NC)c1cncc(-c2cccnc2)c1. The normalized spacial score (nSPS) is 14.0. The average Bonchev–Trinajstić information content (AvgIpc) is 2.65. The summed E-state index contributed by atoms with van der Waals surface area (Å²) in [5, 5.41) is 3.06. The summed E-state index contributed by atoms with van der Waals surface area (Å²) < 4.78 is 0. The van der Waals surface area contributed by atoms with E-state index < -0.39 is 5.54 Å². The predicted molar refractivity (Wildman–Crippen MR) is 95.4 cm³/mol. The van der Waals surface area contributed by atoms with Gasteiger partial charge in [-0.25, -0.2) is 0 Å². The molecule has 0 aromatic carbocycles. The number of carbonyl (C=O) groups is 1. The minimum atomic E-state index is -0.940. The topological polar surface area (TPSA) is 93.3 Å². The number of aromatic nitrogens is 2. The zero-order chi connectivity index (χ0) is 17.4. The van der Waals surface area contributed by atoms with E-state index in [1.165, 1.54) is 0 Å². The maximum Gasteiger partial charge on any atom is 0.189 e. The molecule has 2 rings (SSSR count). The Balaban J connectivity index is 2.47. The van der Waals surface area contributed by atoms with Crippen molar-refractivity contribution in [3.8, 4) is 11.1 Å². The molecule has 0 fully saturated rings. The van der Waals surface area contributed by atoms with Crippen LogP contribution in [0.5, 0.6) is 0 Å². The number of unbranched alkanes of at least 4 members (excludes halogenated alkanes) is 1. The Kier molecular flexibility index (Phi) is 6.01. The van der Waals surface area contributed by atoms with Gasteiger partial charge in [0.25, 0.3) is 0 Å². The Bertz CT molecular complexity index is 702. The lowest BCUT2D eigenvalue weighted by Gasteiger charge is -2.30. The molecule has 1 unspecified atom stereocenters. The van der Waals surface area contributed by atoms with Gasteiger partial charge in [-0.05, 0) is 18.6 Å². The first-order valence-corrected chi connectivity index (χ1v) is 7.98. The van der Waals surface area contributed by atoms with Gasteiger partial charge in [-0.2, -0.15) is 0 Å². The van der Waals surface area contributed by atoms with Crippen molar-refractivity contribution in [2.45, 2.75) is 31.7 Å². The summed E-state index contributed by atoms with van der Waals surface area (Å²) >= 11 is 0. The maximum atomic E-state index is 12.0. The molecular formula is C18H23N5O. The van der Waals surface area contributed by atoms with Crippen molar-refractivity contribution in [2.24, 2.45) is 10.7 Å². The molecule has 6 heteroatoms. The summed E-state index contributed by atoms with van der Waals surface area (Å²) in [6.07, 6.45) is 10.3. The molecule has 0 bridgehead atoms. The van der Waals surface area contributed by atoms with E-state index in [0.29, 0.717) is 6.42 Å².